The zero-order chi connectivity index (χ0) is 30.3. The SMILES string of the molecule is COc1cc(C(=O)N2CC3CCC2C3N)cc2nc(-c3cc4ccc(-c5cc(CO)ccc5F)nc4n3CC3CC3)n(C)c12. The molecule has 5 aromatic rings. The third kappa shape index (κ3) is 4.22. The number of carbonyl (C=O) groups is 1. The predicted octanol–water partition coefficient (Wildman–Crippen LogP) is 4.87. The van der Waals surface area contributed by atoms with Gasteiger partial charge in [0, 0.05) is 48.7 Å². The number of aromatic nitrogens is 4. The molecular weight excluding hydrogens is 559 g/mol. The Morgan fingerprint density at radius 3 is 2.64 bits per heavy atom. The van der Waals surface area contributed by atoms with Crippen molar-refractivity contribution in [1.82, 2.24) is 24.0 Å². The molecule has 0 radical (unpaired) electrons. The molecule has 3 aromatic heterocycles. The molecule has 3 fully saturated rings. The number of likely N-dealkylation sites (tertiary alicyclic amines) is 1. The molecule has 3 unspecified atom stereocenters. The first-order valence-electron chi connectivity index (χ1n) is 15.4. The number of nitrogens with two attached hydrogens (primary N) is 1. The van der Waals surface area contributed by atoms with Gasteiger partial charge in [-0.1, -0.05) is 6.07 Å². The first kappa shape index (κ1) is 27.3. The van der Waals surface area contributed by atoms with Crippen molar-refractivity contribution >= 4 is 28.0 Å². The Hall–Kier alpha value is -4.28. The number of hydrogen-bond acceptors (Lipinski definition) is 6. The Morgan fingerprint density at radius 1 is 1.09 bits per heavy atom. The molecule has 2 bridgehead atoms. The summed E-state index contributed by atoms with van der Waals surface area (Å²) in [7, 11) is 3.57. The van der Waals surface area contributed by atoms with E-state index in [1.165, 1.54) is 6.07 Å². The van der Waals surface area contributed by atoms with E-state index >= 15 is 0 Å². The lowest BCUT2D eigenvalue weighted by atomic mass is 10.1. The Labute approximate surface area is 254 Å². The maximum Gasteiger partial charge on any atom is 0.254 e. The molecule has 4 heterocycles. The number of nitrogens with zero attached hydrogens (tertiary/aromatic N) is 5. The third-order valence-corrected chi connectivity index (χ3v) is 9.92. The average molecular weight is 595 g/mol. The number of carbonyl (C=O) groups excluding carboxylic acids is 1. The number of pyridine rings is 1. The van der Waals surface area contributed by atoms with Crippen LogP contribution in [0.15, 0.2) is 48.5 Å². The largest absolute Gasteiger partial charge is 0.494 e. The van der Waals surface area contributed by atoms with E-state index < -0.39 is 0 Å². The number of rotatable bonds is 7. The summed E-state index contributed by atoms with van der Waals surface area (Å²) < 4.78 is 24.9. The number of aryl methyl sites for hydroxylation is 1. The lowest BCUT2D eigenvalue weighted by molar-refractivity contribution is 0.0700. The van der Waals surface area contributed by atoms with E-state index in [-0.39, 0.29) is 30.4 Å². The third-order valence-electron chi connectivity index (χ3n) is 9.92. The number of fused-ring (bicyclic) bond motifs is 4. The van der Waals surface area contributed by atoms with Crippen LogP contribution in [-0.4, -0.2) is 60.8 Å². The number of aliphatic hydroxyl groups is 1. The van der Waals surface area contributed by atoms with Gasteiger partial charge in [-0.3, -0.25) is 4.79 Å². The van der Waals surface area contributed by atoms with Crippen molar-refractivity contribution in [3.63, 3.8) is 0 Å². The Balaban J connectivity index is 1.24. The van der Waals surface area contributed by atoms with Gasteiger partial charge < -0.3 is 29.6 Å². The number of piperidine rings is 1. The van der Waals surface area contributed by atoms with Crippen molar-refractivity contribution in [2.45, 2.75) is 50.9 Å². The molecule has 3 aliphatic rings. The van der Waals surface area contributed by atoms with Gasteiger partial charge in [-0.15, -0.1) is 0 Å². The van der Waals surface area contributed by atoms with Crippen LogP contribution in [0, 0.1) is 17.7 Å². The number of imidazole rings is 1. The number of methoxy groups -OCH3 is 1. The molecule has 226 valence electrons. The molecule has 10 heteroatoms. The topological polar surface area (TPSA) is 111 Å². The molecule has 3 atom stereocenters. The highest BCUT2D eigenvalue weighted by Crippen LogP contribution is 2.40. The molecule has 2 aliphatic carbocycles. The minimum atomic E-state index is -0.383. The highest BCUT2D eigenvalue weighted by molar-refractivity contribution is 6.00. The molecule has 8 rings (SSSR count). The van der Waals surface area contributed by atoms with E-state index in [9.17, 15) is 14.3 Å². The van der Waals surface area contributed by atoms with Crippen LogP contribution in [-0.2, 0) is 20.2 Å². The number of benzene rings is 2. The molecule has 3 N–H and O–H groups in total. The molecule has 2 saturated carbocycles. The van der Waals surface area contributed by atoms with Crippen LogP contribution in [0.25, 0.3) is 44.8 Å². The second kappa shape index (κ2) is 10.1. The molecular formula is C34H35FN6O3. The molecule has 1 aliphatic heterocycles. The number of aliphatic hydroxyl groups excluding tert-OH is 1. The van der Waals surface area contributed by atoms with Gasteiger partial charge in [0.05, 0.1) is 30.6 Å². The summed E-state index contributed by atoms with van der Waals surface area (Å²) >= 11 is 0. The van der Waals surface area contributed by atoms with Crippen molar-refractivity contribution < 1.29 is 19.0 Å². The van der Waals surface area contributed by atoms with Crippen LogP contribution in [0.2, 0.25) is 0 Å². The normalized spacial score (nSPS) is 21.2. The maximum atomic E-state index is 14.9. The highest BCUT2D eigenvalue weighted by Gasteiger charge is 2.47. The van der Waals surface area contributed by atoms with Gasteiger partial charge in [-0.05, 0) is 85.5 Å². The lowest BCUT2D eigenvalue weighted by Gasteiger charge is -2.27. The fourth-order valence-corrected chi connectivity index (χ4v) is 7.34. The summed E-state index contributed by atoms with van der Waals surface area (Å²) in [5.41, 5.74) is 11.6. The summed E-state index contributed by atoms with van der Waals surface area (Å²) in [6.45, 7) is 1.30. The van der Waals surface area contributed by atoms with Gasteiger partial charge in [0.25, 0.3) is 5.91 Å². The first-order valence-corrected chi connectivity index (χ1v) is 15.4. The number of hydrogen-bond donors (Lipinski definition) is 2. The van der Waals surface area contributed by atoms with E-state index in [1.54, 1.807) is 19.2 Å². The molecule has 1 saturated heterocycles. The van der Waals surface area contributed by atoms with Gasteiger partial charge >= 0.3 is 0 Å². The van der Waals surface area contributed by atoms with Gasteiger partial charge in [-0.2, -0.15) is 0 Å². The fourth-order valence-electron chi connectivity index (χ4n) is 7.34. The lowest BCUT2D eigenvalue weighted by Crippen LogP contribution is -2.41. The van der Waals surface area contributed by atoms with Crippen LogP contribution < -0.4 is 10.5 Å². The van der Waals surface area contributed by atoms with Crippen molar-refractivity contribution in [1.29, 1.82) is 0 Å². The molecule has 1 amide bonds. The molecule has 9 nitrogen and oxygen atoms in total. The minimum absolute atomic E-state index is 0.0304. The number of ether oxygens (including phenoxy) is 1. The van der Waals surface area contributed by atoms with Crippen molar-refractivity contribution in [2.24, 2.45) is 24.6 Å². The zero-order valence-electron chi connectivity index (χ0n) is 24.8. The summed E-state index contributed by atoms with van der Waals surface area (Å²) in [4.78, 5) is 25.7. The van der Waals surface area contributed by atoms with Gasteiger partial charge in [0.1, 0.15) is 22.7 Å². The summed E-state index contributed by atoms with van der Waals surface area (Å²) in [6.07, 6.45) is 4.33. The van der Waals surface area contributed by atoms with Crippen LogP contribution in [0.5, 0.6) is 5.75 Å². The standard InChI is InChI=1S/C34H35FN6O3/c1-39-31-26(12-22(14-29(31)44-2)34(43)41-16-21-7-10-27(41)30(21)36)38-33(39)28-13-20-6-9-25(23-11-19(17-42)5-8-24(23)35)37-32(20)40(28)15-18-3-4-18/h5-6,8-9,11-14,18,21,27,30,42H,3-4,7,10,15-17,36H2,1-2H3. The zero-order valence-corrected chi connectivity index (χ0v) is 24.8. The molecule has 2 aromatic carbocycles. The number of amides is 1. The van der Waals surface area contributed by atoms with Crippen molar-refractivity contribution in [3.05, 3.63) is 65.5 Å². The Bertz CT molecular complexity index is 1960. The van der Waals surface area contributed by atoms with Gasteiger partial charge in [0.2, 0.25) is 0 Å². The van der Waals surface area contributed by atoms with Crippen LogP contribution in [0.3, 0.4) is 0 Å². The second-order valence-corrected chi connectivity index (χ2v) is 12.6. The quantitative estimate of drug-likeness (QED) is 0.278. The number of halogens is 1. The summed E-state index contributed by atoms with van der Waals surface area (Å²) in [5, 5.41) is 10.6. The maximum absolute atomic E-state index is 14.9. The van der Waals surface area contributed by atoms with Crippen molar-refractivity contribution in [2.75, 3.05) is 13.7 Å². The molecule has 0 spiro atoms. The monoisotopic (exact) mass is 594 g/mol. The van der Waals surface area contributed by atoms with E-state index in [1.807, 2.05) is 40.8 Å². The average Bonchev–Trinajstić information content (AvgIpc) is 3.44. The van der Waals surface area contributed by atoms with Crippen LogP contribution in [0.4, 0.5) is 4.39 Å². The van der Waals surface area contributed by atoms with E-state index in [4.69, 9.17) is 20.4 Å². The predicted molar refractivity (Wildman–Crippen MR) is 166 cm³/mol. The van der Waals surface area contributed by atoms with E-state index in [0.717, 1.165) is 60.3 Å². The Kier molecular flexibility index (Phi) is 6.29. The van der Waals surface area contributed by atoms with Gasteiger partial charge in [-0.25, -0.2) is 14.4 Å². The summed E-state index contributed by atoms with van der Waals surface area (Å²) in [5.74, 6) is 1.82. The van der Waals surface area contributed by atoms with Crippen LogP contribution in [0.1, 0.15) is 41.6 Å². The van der Waals surface area contributed by atoms with Crippen molar-refractivity contribution in [3.8, 4) is 28.5 Å². The Morgan fingerprint density at radius 2 is 1.93 bits per heavy atom. The second-order valence-electron chi connectivity index (χ2n) is 12.6. The van der Waals surface area contributed by atoms with E-state index in [2.05, 4.69) is 10.6 Å². The smallest absolute Gasteiger partial charge is 0.254 e. The van der Waals surface area contributed by atoms with Crippen LogP contribution >= 0.6 is 0 Å². The molecule has 44 heavy (non-hydrogen) atoms. The summed E-state index contributed by atoms with van der Waals surface area (Å²) in [6, 6.07) is 14.3. The highest BCUT2D eigenvalue weighted by atomic mass is 19.1. The first-order chi connectivity index (χ1) is 21.3. The van der Waals surface area contributed by atoms with E-state index in [0.29, 0.717) is 52.0 Å². The fraction of sp³-hybridized carbons (Fsp3) is 0.382. The van der Waals surface area contributed by atoms with Gasteiger partial charge in [0.15, 0.2) is 5.82 Å². The minimum Gasteiger partial charge on any atom is -0.494 e.